The summed E-state index contributed by atoms with van der Waals surface area (Å²) in [7, 11) is 1.58. The zero-order valence-electron chi connectivity index (χ0n) is 13.5. The molecule has 1 N–H and O–H groups in total. The average Bonchev–Trinajstić information content (AvgIpc) is 3.01. The molecule has 0 saturated heterocycles. The van der Waals surface area contributed by atoms with Crippen LogP contribution < -0.4 is 5.32 Å². The number of carbonyl (C=O) groups is 2. The van der Waals surface area contributed by atoms with Crippen LogP contribution in [0.5, 0.6) is 0 Å². The van der Waals surface area contributed by atoms with Gasteiger partial charge in [-0.25, -0.2) is 0 Å². The average molecular weight is 312 g/mol. The molecule has 0 unspecified atom stereocenters. The van der Waals surface area contributed by atoms with Crippen LogP contribution in [0, 0.1) is 13.8 Å². The lowest BCUT2D eigenvalue weighted by atomic mass is 10.1. The molecule has 2 rings (SSSR count). The van der Waals surface area contributed by atoms with Gasteiger partial charge < -0.3 is 14.6 Å². The number of hydrogen-bond acceptors (Lipinski definition) is 3. The van der Waals surface area contributed by atoms with Crippen LogP contribution in [0.4, 0.5) is 5.69 Å². The Morgan fingerprint density at radius 3 is 2.74 bits per heavy atom. The zero-order valence-corrected chi connectivity index (χ0v) is 13.5. The van der Waals surface area contributed by atoms with E-state index in [1.807, 2.05) is 32.0 Å². The van der Waals surface area contributed by atoms with Gasteiger partial charge in [0, 0.05) is 18.8 Å². The predicted molar refractivity (Wildman–Crippen MR) is 89.9 cm³/mol. The molecule has 120 valence electrons. The Morgan fingerprint density at radius 2 is 2.04 bits per heavy atom. The van der Waals surface area contributed by atoms with Crippen LogP contribution in [0.25, 0.3) is 6.08 Å². The van der Waals surface area contributed by atoms with Gasteiger partial charge in [-0.05, 0) is 49.2 Å². The van der Waals surface area contributed by atoms with E-state index >= 15 is 0 Å². The van der Waals surface area contributed by atoms with Crippen molar-refractivity contribution in [1.82, 2.24) is 4.90 Å². The van der Waals surface area contributed by atoms with E-state index in [1.54, 1.807) is 25.3 Å². The van der Waals surface area contributed by atoms with Gasteiger partial charge in [-0.15, -0.1) is 0 Å². The number of aryl methyl sites for hydroxylation is 2. The third-order valence-corrected chi connectivity index (χ3v) is 3.36. The van der Waals surface area contributed by atoms with E-state index in [9.17, 15) is 9.59 Å². The van der Waals surface area contributed by atoms with Gasteiger partial charge in [0.1, 0.15) is 5.76 Å². The topological polar surface area (TPSA) is 62.6 Å². The van der Waals surface area contributed by atoms with Gasteiger partial charge in [-0.1, -0.05) is 12.1 Å². The molecular formula is C18H20N2O3. The molecule has 5 heteroatoms. The summed E-state index contributed by atoms with van der Waals surface area (Å²) >= 11 is 0. The van der Waals surface area contributed by atoms with Gasteiger partial charge in [-0.3, -0.25) is 9.59 Å². The molecule has 23 heavy (non-hydrogen) atoms. The first-order valence-electron chi connectivity index (χ1n) is 7.29. The molecular weight excluding hydrogens is 292 g/mol. The number of benzene rings is 1. The lowest BCUT2D eigenvalue weighted by Gasteiger charge is -2.15. The van der Waals surface area contributed by atoms with Gasteiger partial charge >= 0.3 is 0 Å². The van der Waals surface area contributed by atoms with Crippen molar-refractivity contribution in [3.8, 4) is 0 Å². The molecule has 0 radical (unpaired) electrons. The molecule has 1 aromatic heterocycles. The van der Waals surface area contributed by atoms with Crippen molar-refractivity contribution in [2.24, 2.45) is 0 Å². The monoisotopic (exact) mass is 312 g/mol. The maximum Gasteiger partial charge on any atom is 0.246 e. The minimum atomic E-state index is -0.266. The van der Waals surface area contributed by atoms with Gasteiger partial charge in [0.25, 0.3) is 0 Å². The van der Waals surface area contributed by atoms with Crippen LogP contribution in [0.3, 0.4) is 0 Å². The van der Waals surface area contributed by atoms with E-state index in [-0.39, 0.29) is 18.4 Å². The molecule has 0 atom stereocenters. The summed E-state index contributed by atoms with van der Waals surface area (Å²) in [5, 5.41) is 2.83. The molecule has 0 bridgehead atoms. The minimum absolute atomic E-state index is 0.0191. The Kier molecular flexibility index (Phi) is 5.36. The lowest BCUT2D eigenvalue weighted by molar-refractivity contribution is -0.129. The Morgan fingerprint density at radius 1 is 1.26 bits per heavy atom. The number of carbonyl (C=O) groups excluding carboxylic acids is 2. The van der Waals surface area contributed by atoms with Crippen molar-refractivity contribution in [3.63, 3.8) is 0 Å². The van der Waals surface area contributed by atoms with E-state index < -0.39 is 0 Å². The standard InChI is InChI=1S/C18H20N2O3/c1-13-6-7-14(2)16(11-13)19-17(21)12-20(3)18(22)9-8-15-5-4-10-23-15/h4-11H,12H2,1-3H3,(H,19,21). The summed E-state index contributed by atoms with van der Waals surface area (Å²) in [4.78, 5) is 25.4. The van der Waals surface area contributed by atoms with Crippen molar-refractivity contribution < 1.29 is 14.0 Å². The summed E-state index contributed by atoms with van der Waals surface area (Å²) in [5.74, 6) is 0.0880. The van der Waals surface area contributed by atoms with Crippen LogP contribution in [-0.2, 0) is 9.59 Å². The Balaban J connectivity index is 1.91. The summed E-state index contributed by atoms with van der Waals surface area (Å²) in [6.07, 6.45) is 4.48. The van der Waals surface area contributed by atoms with Crippen molar-refractivity contribution in [2.45, 2.75) is 13.8 Å². The van der Waals surface area contributed by atoms with Gasteiger partial charge in [0.05, 0.1) is 12.8 Å². The van der Waals surface area contributed by atoms with Crippen LogP contribution in [0.2, 0.25) is 0 Å². The molecule has 0 aliphatic rings. The van der Waals surface area contributed by atoms with Gasteiger partial charge in [0.2, 0.25) is 11.8 Å². The largest absolute Gasteiger partial charge is 0.465 e. The van der Waals surface area contributed by atoms with Crippen LogP contribution in [0.1, 0.15) is 16.9 Å². The molecule has 2 amide bonds. The minimum Gasteiger partial charge on any atom is -0.465 e. The summed E-state index contributed by atoms with van der Waals surface area (Å²) < 4.78 is 5.11. The number of amides is 2. The van der Waals surface area contributed by atoms with Crippen molar-refractivity contribution in [2.75, 3.05) is 18.9 Å². The molecule has 0 saturated carbocycles. The SMILES string of the molecule is Cc1ccc(C)c(NC(=O)CN(C)C(=O)C=Cc2ccco2)c1. The molecule has 0 fully saturated rings. The fourth-order valence-electron chi connectivity index (χ4n) is 2.02. The molecule has 2 aromatic rings. The first kappa shape index (κ1) is 16.5. The third kappa shape index (κ3) is 4.85. The molecule has 1 aromatic carbocycles. The van der Waals surface area contributed by atoms with Crippen LogP contribution >= 0.6 is 0 Å². The molecule has 0 aliphatic heterocycles. The first-order valence-corrected chi connectivity index (χ1v) is 7.29. The second-order valence-corrected chi connectivity index (χ2v) is 5.41. The van der Waals surface area contributed by atoms with E-state index in [2.05, 4.69) is 5.32 Å². The Bertz CT molecular complexity index is 718. The number of hydrogen-bond donors (Lipinski definition) is 1. The highest BCUT2D eigenvalue weighted by atomic mass is 16.3. The third-order valence-electron chi connectivity index (χ3n) is 3.36. The maximum atomic E-state index is 12.1. The summed E-state index contributed by atoms with van der Waals surface area (Å²) in [6, 6.07) is 9.33. The first-order chi connectivity index (χ1) is 11.0. The Labute approximate surface area is 135 Å². The Hall–Kier alpha value is -2.82. The lowest BCUT2D eigenvalue weighted by Crippen LogP contribution is -2.34. The molecule has 0 aliphatic carbocycles. The highest BCUT2D eigenvalue weighted by molar-refractivity contribution is 5.98. The fraction of sp³-hybridized carbons (Fsp3) is 0.222. The number of nitrogens with one attached hydrogen (secondary N) is 1. The van der Waals surface area contributed by atoms with E-state index in [0.29, 0.717) is 5.76 Å². The maximum absolute atomic E-state index is 12.1. The number of likely N-dealkylation sites (N-methyl/N-ethyl adjacent to an activating group) is 1. The highest BCUT2D eigenvalue weighted by Crippen LogP contribution is 2.16. The second kappa shape index (κ2) is 7.45. The van der Waals surface area contributed by atoms with Crippen molar-refractivity contribution in [3.05, 3.63) is 59.6 Å². The van der Waals surface area contributed by atoms with Crippen molar-refractivity contribution in [1.29, 1.82) is 0 Å². The van der Waals surface area contributed by atoms with Gasteiger partial charge in [-0.2, -0.15) is 0 Å². The number of rotatable bonds is 5. The van der Waals surface area contributed by atoms with Crippen molar-refractivity contribution >= 4 is 23.6 Å². The normalized spacial score (nSPS) is 10.7. The highest BCUT2D eigenvalue weighted by Gasteiger charge is 2.11. The number of nitrogens with zero attached hydrogens (tertiary/aromatic N) is 1. The fourth-order valence-corrected chi connectivity index (χ4v) is 2.02. The summed E-state index contributed by atoms with van der Waals surface area (Å²) in [6.45, 7) is 3.87. The molecule has 1 heterocycles. The smallest absolute Gasteiger partial charge is 0.246 e. The zero-order chi connectivity index (χ0) is 16.8. The van der Waals surface area contributed by atoms with E-state index in [4.69, 9.17) is 4.42 Å². The number of anilines is 1. The number of furan rings is 1. The van der Waals surface area contributed by atoms with Crippen LogP contribution in [0.15, 0.2) is 47.1 Å². The molecule has 5 nitrogen and oxygen atoms in total. The van der Waals surface area contributed by atoms with Gasteiger partial charge in [0.15, 0.2) is 0 Å². The quantitative estimate of drug-likeness (QED) is 0.863. The second-order valence-electron chi connectivity index (χ2n) is 5.41. The summed E-state index contributed by atoms with van der Waals surface area (Å²) in [5.41, 5.74) is 2.81. The van der Waals surface area contributed by atoms with Crippen LogP contribution in [-0.4, -0.2) is 30.3 Å². The van der Waals surface area contributed by atoms with E-state index in [0.717, 1.165) is 16.8 Å². The predicted octanol–water partition coefficient (Wildman–Crippen LogP) is 3.01. The van der Waals surface area contributed by atoms with E-state index in [1.165, 1.54) is 17.2 Å². The molecule has 0 spiro atoms.